The molecule has 4 rings (SSSR count). The highest BCUT2D eigenvalue weighted by atomic mass is 16.3. The number of Topliss-reactive ketones (excluding diaryl/α,β-unsaturated/α-hetero) is 3. The number of phenolic OH excluding ortho intramolecular Hbond substituents is 1. The predicted molar refractivity (Wildman–Crippen MR) is 120 cm³/mol. The van der Waals surface area contributed by atoms with Gasteiger partial charge < -0.3 is 20.4 Å². The van der Waals surface area contributed by atoms with Crippen LogP contribution in [0.2, 0.25) is 0 Å². The van der Waals surface area contributed by atoms with Gasteiger partial charge in [-0.2, -0.15) is 0 Å². The van der Waals surface area contributed by atoms with Crippen LogP contribution in [0, 0.1) is 29.6 Å². The van der Waals surface area contributed by atoms with Crippen molar-refractivity contribution in [1.29, 1.82) is 0 Å². The lowest BCUT2D eigenvalue weighted by atomic mass is 9.44. The summed E-state index contributed by atoms with van der Waals surface area (Å²) in [6.07, 6.45) is 0.384. The second kappa shape index (κ2) is 6.79. The normalized spacial score (nSPS) is 33.8. The number of aliphatic hydroxyl groups excluding tert-OH is 2. The van der Waals surface area contributed by atoms with Gasteiger partial charge in [-0.15, -0.1) is 0 Å². The SMILES string of the molecule is CC(=O)C1=C(O)C(C(C)C)[C@@]2(C)C[C@@]3(C)Cc4ccc(C)c(O)c4C(=O)C3=C(O)[C@@]2(O)C1=O. The first-order chi connectivity index (χ1) is 15.1. The Bertz CT molecular complexity index is 1200. The maximum atomic E-state index is 13.6. The molecule has 0 aliphatic heterocycles. The van der Waals surface area contributed by atoms with E-state index in [1.54, 1.807) is 46.8 Å². The van der Waals surface area contributed by atoms with Gasteiger partial charge in [0.25, 0.3) is 0 Å². The van der Waals surface area contributed by atoms with Crippen LogP contribution in [0.4, 0.5) is 0 Å². The van der Waals surface area contributed by atoms with Gasteiger partial charge in [-0.1, -0.05) is 39.8 Å². The molecule has 1 aromatic rings. The fourth-order valence-electron chi connectivity index (χ4n) is 6.83. The number of fused-ring (bicyclic) bond motifs is 3. The summed E-state index contributed by atoms with van der Waals surface area (Å²) in [7, 11) is 0. The summed E-state index contributed by atoms with van der Waals surface area (Å²) in [5.74, 6) is -4.96. The topological polar surface area (TPSA) is 132 Å². The van der Waals surface area contributed by atoms with Crippen molar-refractivity contribution < 1.29 is 34.8 Å². The Kier molecular flexibility index (Phi) is 4.78. The average molecular weight is 455 g/mol. The van der Waals surface area contributed by atoms with E-state index in [2.05, 4.69) is 0 Å². The largest absolute Gasteiger partial charge is 0.511 e. The first-order valence-corrected chi connectivity index (χ1v) is 11.1. The van der Waals surface area contributed by atoms with E-state index in [9.17, 15) is 34.8 Å². The van der Waals surface area contributed by atoms with Gasteiger partial charge in [-0.05, 0) is 43.7 Å². The average Bonchev–Trinajstić information content (AvgIpc) is 2.67. The van der Waals surface area contributed by atoms with Crippen molar-refractivity contribution in [2.24, 2.45) is 22.7 Å². The molecule has 1 unspecified atom stereocenters. The first-order valence-electron chi connectivity index (χ1n) is 11.1. The number of benzene rings is 1. The van der Waals surface area contributed by atoms with Gasteiger partial charge in [0.05, 0.1) is 5.56 Å². The minimum atomic E-state index is -2.57. The van der Waals surface area contributed by atoms with Crippen LogP contribution in [0.1, 0.15) is 62.5 Å². The molecule has 0 saturated carbocycles. The van der Waals surface area contributed by atoms with Crippen LogP contribution in [0.3, 0.4) is 0 Å². The molecule has 0 bridgehead atoms. The third kappa shape index (κ3) is 2.63. The number of phenols is 1. The molecule has 4 atom stereocenters. The van der Waals surface area contributed by atoms with Gasteiger partial charge in [0, 0.05) is 22.3 Å². The molecule has 0 fully saturated rings. The molecule has 4 N–H and O–H groups in total. The summed E-state index contributed by atoms with van der Waals surface area (Å²) in [5, 5.41) is 45.0. The van der Waals surface area contributed by atoms with E-state index < -0.39 is 51.0 Å². The lowest BCUT2D eigenvalue weighted by Crippen LogP contribution is -2.67. The molecule has 7 heteroatoms. The molecule has 33 heavy (non-hydrogen) atoms. The Morgan fingerprint density at radius 2 is 1.73 bits per heavy atom. The quantitative estimate of drug-likeness (QED) is 0.501. The number of rotatable bonds is 2. The molecule has 3 aliphatic rings. The highest BCUT2D eigenvalue weighted by molar-refractivity contribution is 6.25. The van der Waals surface area contributed by atoms with E-state index in [1.807, 2.05) is 0 Å². The summed E-state index contributed by atoms with van der Waals surface area (Å²) in [6.45, 7) is 9.79. The maximum Gasteiger partial charge on any atom is 0.209 e. The Morgan fingerprint density at radius 3 is 2.27 bits per heavy atom. The van der Waals surface area contributed by atoms with Crippen molar-refractivity contribution in [2.75, 3.05) is 0 Å². The van der Waals surface area contributed by atoms with Gasteiger partial charge in [-0.25, -0.2) is 0 Å². The van der Waals surface area contributed by atoms with E-state index in [-0.39, 0.29) is 41.4 Å². The number of aliphatic hydroxyl groups is 3. The first kappa shape index (κ1) is 23.2. The van der Waals surface area contributed by atoms with Crippen LogP contribution < -0.4 is 0 Å². The number of carbonyl (C=O) groups is 3. The molecule has 7 nitrogen and oxygen atoms in total. The van der Waals surface area contributed by atoms with Crippen molar-refractivity contribution >= 4 is 17.3 Å². The van der Waals surface area contributed by atoms with E-state index in [0.29, 0.717) is 11.1 Å². The molecule has 0 radical (unpaired) electrons. The van der Waals surface area contributed by atoms with Crippen LogP contribution in [0.15, 0.2) is 34.8 Å². The van der Waals surface area contributed by atoms with E-state index >= 15 is 0 Å². The molecule has 0 aromatic heterocycles. The predicted octanol–water partition coefficient (Wildman–Crippen LogP) is 3.65. The molecule has 0 spiro atoms. The molecular weight excluding hydrogens is 424 g/mol. The molecule has 0 heterocycles. The minimum absolute atomic E-state index is 0.0510. The summed E-state index contributed by atoms with van der Waals surface area (Å²) in [5.41, 5.74) is -4.46. The highest BCUT2D eigenvalue weighted by Crippen LogP contribution is 2.65. The monoisotopic (exact) mass is 454 g/mol. The summed E-state index contributed by atoms with van der Waals surface area (Å²) in [6, 6.07) is 3.48. The Morgan fingerprint density at radius 1 is 1.12 bits per heavy atom. The lowest BCUT2D eigenvalue weighted by molar-refractivity contribution is -0.171. The Hall–Kier alpha value is -2.93. The summed E-state index contributed by atoms with van der Waals surface area (Å²) < 4.78 is 0. The van der Waals surface area contributed by atoms with Crippen molar-refractivity contribution in [3.63, 3.8) is 0 Å². The van der Waals surface area contributed by atoms with Crippen molar-refractivity contribution in [2.45, 2.75) is 60.0 Å². The number of hydrogen-bond donors (Lipinski definition) is 4. The fraction of sp³-hybridized carbons (Fsp3) is 0.500. The Balaban J connectivity index is 2.08. The van der Waals surface area contributed by atoms with Crippen LogP contribution >= 0.6 is 0 Å². The zero-order chi connectivity index (χ0) is 24.8. The molecule has 1 aromatic carbocycles. The van der Waals surface area contributed by atoms with E-state index in [4.69, 9.17) is 0 Å². The Labute approximate surface area is 192 Å². The fourth-order valence-corrected chi connectivity index (χ4v) is 6.83. The maximum absolute atomic E-state index is 13.6. The summed E-state index contributed by atoms with van der Waals surface area (Å²) in [4.78, 5) is 39.5. The minimum Gasteiger partial charge on any atom is -0.511 e. The van der Waals surface area contributed by atoms with Crippen molar-refractivity contribution in [3.8, 4) is 5.75 Å². The van der Waals surface area contributed by atoms with Crippen molar-refractivity contribution in [1.82, 2.24) is 0 Å². The number of hydrogen-bond acceptors (Lipinski definition) is 7. The van der Waals surface area contributed by atoms with Crippen LogP contribution in [0.25, 0.3) is 0 Å². The second-order valence-electron chi connectivity index (χ2n) is 10.7. The van der Waals surface area contributed by atoms with Gasteiger partial charge >= 0.3 is 0 Å². The molecule has 0 amide bonds. The number of carbonyl (C=O) groups excluding carboxylic acids is 3. The zero-order valence-electron chi connectivity index (χ0n) is 19.7. The highest BCUT2D eigenvalue weighted by Gasteiger charge is 2.71. The number of ketones is 3. The number of aryl methyl sites for hydroxylation is 1. The third-order valence-corrected chi connectivity index (χ3v) is 8.08. The van der Waals surface area contributed by atoms with Crippen LogP contribution in [-0.4, -0.2) is 43.4 Å². The molecular formula is C26H30O7. The van der Waals surface area contributed by atoms with Gasteiger partial charge in [-0.3, -0.25) is 14.4 Å². The molecule has 176 valence electrons. The molecule has 0 saturated heterocycles. The van der Waals surface area contributed by atoms with Crippen LogP contribution in [-0.2, 0) is 16.0 Å². The van der Waals surface area contributed by atoms with Gasteiger partial charge in [0.2, 0.25) is 5.78 Å². The molecule has 3 aliphatic carbocycles. The van der Waals surface area contributed by atoms with Crippen LogP contribution in [0.5, 0.6) is 5.75 Å². The van der Waals surface area contributed by atoms with Gasteiger partial charge in [0.15, 0.2) is 17.2 Å². The second-order valence-corrected chi connectivity index (χ2v) is 10.7. The summed E-state index contributed by atoms with van der Waals surface area (Å²) >= 11 is 0. The third-order valence-electron chi connectivity index (χ3n) is 8.08. The lowest BCUT2D eigenvalue weighted by Gasteiger charge is -2.59. The van der Waals surface area contributed by atoms with E-state index in [1.165, 1.54) is 0 Å². The zero-order valence-corrected chi connectivity index (χ0v) is 19.7. The van der Waals surface area contributed by atoms with Crippen molar-refractivity contribution in [3.05, 3.63) is 51.5 Å². The van der Waals surface area contributed by atoms with Gasteiger partial charge in [0.1, 0.15) is 22.8 Å². The smallest absolute Gasteiger partial charge is 0.209 e. The number of aromatic hydroxyl groups is 1. The van der Waals surface area contributed by atoms with E-state index in [0.717, 1.165) is 6.92 Å². The standard InChI is InChI=1S/C26H30O7/c1-11(2)17-20(29)15(13(4)27)22(31)26(33)23(32)18-21(30)16-14(8-7-12(3)19(16)28)9-24(18,5)10-25(17,26)6/h7-8,11,17,28-29,32-33H,9-10H2,1-6H3/t17?,24-,25-,26+/m1/s1. The number of allylic oxidation sites excluding steroid dienone is 2.